The van der Waals surface area contributed by atoms with E-state index in [2.05, 4.69) is 17.3 Å². The predicted octanol–water partition coefficient (Wildman–Crippen LogP) is 5.24. The molecule has 0 spiro atoms. The van der Waals surface area contributed by atoms with E-state index in [0.717, 1.165) is 44.9 Å². The number of hydrogen-bond acceptors (Lipinski definition) is 5. The van der Waals surface area contributed by atoms with Gasteiger partial charge in [0.25, 0.3) is 0 Å². The van der Waals surface area contributed by atoms with Crippen molar-refractivity contribution in [2.45, 2.75) is 54.6 Å². The van der Waals surface area contributed by atoms with Gasteiger partial charge in [-0.2, -0.15) is 0 Å². The van der Waals surface area contributed by atoms with E-state index in [1.54, 1.807) is 0 Å². The summed E-state index contributed by atoms with van der Waals surface area (Å²) < 4.78 is 1.91. The van der Waals surface area contributed by atoms with Crippen LogP contribution in [0.4, 0.5) is 5.69 Å². The van der Waals surface area contributed by atoms with E-state index in [9.17, 15) is 14.7 Å². The number of nitrogens with one attached hydrogen (secondary N) is 2. The second-order valence-corrected chi connectivity index (χ2v) is 10.4. The average Bonchev–Trinajstić information content (AvgIpc) is 3.02. The van der Waals surface area contributed by atoms with E-state index in [-0.39, 0.29) is 29.9 Å². The number of amides is 1. The highest BCUT2D eigenvalue weighted by molar-refractivity contribution is 6.30. The monoisotopic (exact) mass is 504 g/mol. The summed E-state index contributed by atoms with van der Waals surface area (Å²) in [7, 11) is 3.88. The fraction of sp³-hybridized carbons (Fsp3) is 0.400. The SMILES string of the molecule is C=C(C)/C=C(/C)C(C)C1C(=O)C(c2c(C)c(C)n(CC(=O)Nc3ccc(CNN(C)C)cc3)c2C)=C1O. The van der Waals surface area contributed by atoms with Crippen molar-refractivity contribution in [1.29, 1.82) is 0 Å². The Morgan fingerprint density at radius 3 is 2.32 bits per heavy atom. The first-order valence-electron chi connectivity index (χ1n) is 12.6. The molecule has 1 aromatic carbocycles. The highest BCUT2D eigenvalue weighted by Gasteiger charge is 2.45. The van der Waals surface area contributed by atoms with Gasteiger partial charge in [-0.05, 0) is 63.8 Å². The molecule has 0 bridgehead atoms. The zero-order valence-electron chi connectivity index (χ0n) is 23.3. The van der Waals surface area contributed by atoms with Gasteiger partial charge in [0, 0.05) is 43.3 Å². The maximum Gasteiger partial charge on any atom is 0.244 e. The van der Waals surface area contributed by atoms with Gasteiger partial charge in [-0.15, -0.1) is 0 Å². The Bertz CT molecular complexity index is 1280. The van der Waals surface area contributed by atoms with Crippen molar-refractivity contribution in [1.82, 2.24) is 15.0 Å². The Kier molecular flexibility index (Phi) is 8.61. The van der Waals surface area contributed by atoms with Gasteiger partial charge in [0.1, 0.15) is 12.3 Å². The number of aliphatic hydroxyl groups excluding tert-OH is 1. The summed E-state index contributed by atoms with van der Waals surface area (Å²) in [5.41, 5.74) is 10.7. The molecule has 2 atom stereocenters. The summed E-state index contributed by atoms with van der Waals surface area (Å²) in [6.07, 6.45) is 1.95. The summed E-state index contributed by atoms with van der Waals surface area (Å²) in [6.45, 7) is 16.3. The largest absolute Gasteiger partial charge is 0.511 e. The van der Waals surface area contributed by atoms with Crippen LogP contribution in [0, 0.1) is 32.6 Å². The van der Waals surface area contributed by atoms with E-state index in [4.69, 9.17) is 0 Å². The van der Waals surface area contributed by atoms with Crippen LogP contribution in [0.3, 0.4) is 0 Å². The fourth-order valence-electron chi connectivity index (χ4n) is 4.93. The summed E-state index contributed by atoms with van der Waals surface area (Å²) in [4.78, 5) is 26.1. The molecule has 198 valence electrons. The highest BCUT2D eigenvalue weighted by atomic mass is 16.3. The zero-order valence-corrected chi connectivity index (χ0v) is 23.3. The number of anilines is 1. The molecule has 1 amide bonds. The molecule has 0 saturated heterocycles. The Hall–Kier alpha value is -3.42. The molecule has 7 nitrogen and oxygen atoms in total. The number of carbonyl (C=O) groups excluding carboxylic acids is 2. The first kappa shape index (κ1) is 28.2. The van der Waals surface area contributed by atoms with Crippen LogP contribution >= 0.6 is 0 Å². The van der Waals surface area contributed by atoms with E-state index in [0.29, 0.717) is 12.1 Å². The lowest BCUT2D eigenvalue weighted by atomic mass is 9.70. The Balaban J connectivity index is 1.78. The molecule has 1 aliphatic rings. The molecule has 0 saturated carbocycles. The number of hydrogen-bond donors (Lipinski definition) is 3. The number of aliphatic hydroxyl groups is 1. The molecule has 2 unspecified atom stereocenters. The fourth-order valence-corrected chi connectivity index (χ4v) is 4.93. The van der Waals surface area contributed by atoms with Gasteiger partial charge >= 0.3 is 0 Å². The smallest absolute Gasteiger partial charge is 0.244 e. The van der Waals surface area contributed by atoms with Crippen molar-refractivity contribution in [3.05, 3.63) is 81.9 Å². The molecule has 0 radical (unpaired) electrons. The second kappa shape index (κ2) is 11.3. The molecule has 3 rings (SSSR count). The van der Waals surface area contributed by atoms with Crippen LogP contribution in [0.25, 0.3) is 5.57 Å². The molecule has 1 aromatic heterocycles. The van der Waals surface area contributed by atoms with Crippen LogP contribution < -0.4 is 10.7 Å². The molecule has 0 aliphatic heterocycles. The molecule has 7 heteroatoms. The topological polar surface area (TPSA) is 86.6 Å². The number of carbonyl (C=O) groups is 2. The number of Topliss-reactive ketones (excluding diaryl/α,β-unsaturated/α-hetero) is 1. The molecule has 1 aliphatic carbocycles. The maximum absolute atomic E-state index is 13.2. The molecular weight excluding hydrogens is 464 g/mol. The first-order chi connectivity index (χ1) is 17.3. The second-order valence-electron chi connectivity index (χ2n) is 10.4. The number of aromatic nitrogens is 1. The van der Waals surface area contributed by atoms with Crippen molar-refractivity contribution in [2.24, 2.45) is 11.8 Å². The molecule has 37 heavy (non-hydrogen) atoms. The van der Waals surface area contributed by atoms with Crippen LogP contribution in [0.2, 0.25) is 0 Å². The van der Waals surface area contributed by atoms with Crippen molar-refractivity contribution in [2.75, 3.05) is 19.4 Å². The van der Waals surface area contributed by atoms with E-state index < -0.39 is 5.92 Å². The quantitative estimate of drug-likeness (QED) is 0.304. The van der Waals surface area contributed by atoms with Gasteiger partial charge in [-0.1, -0.05) is 42.9 Å². The minimum atomic E-state index is -0.549. The zero-order chi connectivity index (χ0) is 27.6. The van der Waals surface area contributed by atoms with Gasteiger partial charge in [0.05, 0.1) is 11.5 Å². The lowest BCUT2D eigenvalue weighted by molar-refractivity contribution is -0.120. The van der Waals surface area contributed by atoms with E-state index >= 15 is 0 Å². The minimum absolute atomic E-state index is 0.0592. The van der Waals surface area contributed by atoms with Crippen LogP contribution in [0.1, 0.15) is 48.8 Å². The van der Waals surface area contributed by atoms with Gasteiger partial charge in [-0.25, -0.2) is 0 Å². The third kappa shape index (κ3) is 5.95. The maximum atomic E-state index is 13.2. The number of rotatable bonds is 10. The summed E-state index contributed by atoms with van der Waals surface area (Å²) in [5, 5.41) is 15.8. The van der Waals surface area contributed by atoms with Gasteiger partial charge in [0.15, 0.2) is 5.78 Å². The van der Waals surface area contributed by atoms with E-state index in [1.165, 1.54) is 0 Å². The summed E-state index contributed by atoms with van der Waals surface area (Å²) >= 11 is 0. The van der Waals surface area contributed by atoms with Crippen LogP contribution in [0.15, 0.2) is 53.8 Å². The van der Waals surface area contributed by atoms with Gasteiger partial charge in [0.2, 0.25) is 5.91 Å². The third-order valence-electron chi connectivity index (χ3n) is 7.25. The average molecular weight is 505 g/mol. The number of benzene rings is 1. The van der Waals surface area contributed by atoms with Crippen LogP contribution in [0.5, 0.6) is 0 Å². The number of allylic oxidation sites excluding steroid dienone is 5. The van der Waals surface area contributed by atoms with Gasteiger partial charge in [-0.3, -0.25) is 20.0 Å². The Morgan fingerprint density at radius 2 is 1.78 bits per heavy atom. The Morgan fingerprint density at radius 1 is 1.16 bits per heavy atom. The van der Waals surface area contributed by atoms with Gasteiger partial charge < -0.3 is 15.0 Å². The first-order valence-corrected chi connectivity index (χ1v) is 12.6. The molecule has 2 aromatic rings. The summed E-state index contributed by atoms with van der Waals surface area (Å²) in [5.74, 6) is -0.753. The summed E-state index contributed by atoms with van der Waals surface area (Å²) in [6, 6.07) is 7.72. The van der Waals surface area contributed by atoms with Crippen molar-refractivity contribution in [3.63, 3.8) is 0 Å². The molecule has 0 fully saturated rings. The van der Waals surface area contributed by atoms with E-state index in [1.807, 2.05) is 95.6 Å². The van der Waals surface area contributed by atoms with Crippen LogP contribution in [-0.4, -0.2) is 40.5 Å². The van der Waals surface area contributed by atoms with Crippen molar-refractivity contribution < 1.29 is 14.7 Å². The lowest BCUT2D eigenvalue weighted by Gasteiger charge is -2.33. The molecule has 1 heterocycles. The Labute approximate surface area is 220 Å². The van der Waals surface area contributed by atoms with Crippen molar-refractivity contribution >= 4 is 23.0 Å². The predicted molar refractivity (Wildman–Crippen MR) is 150 cm³/mol. The molecular formula is C30H40N4O3. The number of nitrogens with zero attached hydrogens (tertiary/aromatic N) is 2. The normalized spacial score (nSPS) is 16.7. The third-order valence-corrected chi connectivity index (χ3v) is 7.25. The number of ketones is 1. The van der Waals surface area contributed by atoms with Crippen molar-refractivity contribution in [3.8, 4) is 0 Å². The van der Waals surface area contributed by atoms with Crippen LogP contribution in [-0.2, 0) is 22.7 Å². The molecule has 3 N–H and O–H groups in total. The minimum Gasteiger partial charge on any atom is -0.511 e. The lowest BCUT2D eigenvalue weighted by Crippen LogP contribution is -2.36. The number of hydrazine groups is 1. The standard InChI is InChI=1S/C30H40N4O3/c1-17(2)14-18(3)19(4)27-29(36)28(30(27)37)26-20(5)21(6)34(22(26)7)16-25(35)32-24-12-10-23(11-13-24)15-31-33(8)9/h10-14,19,27,31,36H,1,15-16H2,2-9H3,(H,32,35)/b18-14-. The highest BCUT2D eigenvalue weighted by Crippen LogP contribution is 2.45.